The molecule has 0 heterocycles. The van der Waals surface area contributed by atoms with Crippen molar-refractivity contribution >= 4 is 11.8 Å². The van der Waals surface area contributed by atoms with E-state index in [9.17, 15) is 13.2 Å². The minimum atomic E-state index is -4.07. The quantitative estimate of drug-likeness (QED) is 0.751. The van der Waals surface area contributed by atoms with Crippen molar-refractivity contribution in [3.05, 3.63) is 0 Å². The van der Waals surface area contributed by atoms with E-state index in [0.717, 1.165) is 6.54 Å². The van der Waals surface area contributed by atoms with Crippen molar-refractivity contribution in [1.29, 1.82) is 0 Å². The fourth-order valence-electron chi connectivity index (χ4n) is 2.86. The molecular weight excluding hydrogens is 259 g/mol. The lowest BCUT2D eigenvalue weighted by Gasteiger charge is -2.24. The molecule has 1 N–H and O–H groups in total. The summed E-state index contributed by atoms with van der Waals surface area (Å²) in [7, 11) is 0. The molecule has 2 aliphatic rings. The van der Waals surface area contributed by atoms with Crippen LogP contribution >= 0.6 is 11.8 Å². The lowest BCUT2D eigenvalue weighted by molar-refractivity contribution is -0.0328. The van der Waals surface area contributed by atoms with Gasteiger partial charge in [-0.3, -0.25) is 0 Å². The van der Waals surface area contributed by atoms with Crippen LogP contribution in [0.15, 0.2) is 0 Å². The summed E-state index contributed by atoms with van der Waals surface area (Å²) in [6.45, 7) is 0.924. The Hall–Kier alpha value is 0.1000. The first kappa shape index (κ1) is 14.5. The zero-order valence-corrected chi connectivity index (χ0v) is 11.5. The van der Waals surface area contributed by atoms with E-state index in [0.29, 0.717) is 24.3 Å². The zero-order chi connectivity index (χ0) is 13.0. The van der Waals surface area contributed by atoms with Crippen molar-refractivity contribution in [3.63, 3.8) is 0 Å². The van der Waals surface area contributed by atoms with E-state index in [1.54, 1.807) is 0 Å². The van der Waals surface area contributed by atoms with Crippen molar-refractivity contribution < 1.29 is 13.2 Å². The van der Waals surface area contributed by atoms with Gasteiger partial charge in [0, 0.05) is 11.8 Å². The fraction of sp³-hybridized carbons (Fsp3) is 1.00. The molecule has 0 aromatic rings. The van der Waals surface area contributed by atoms with Crippen LogP contribution in [-0.4, -0.2) is 23.8 Å². The van der Waals surface area contributed by atoms with Crippen LogP contribution in [0.1, 0.15) is 44.9 Å². The van der Waals surface area contributed by atoms with Gasteiger partial charge in [0.1, 0.15) is 0 Å². The monoisotopic (exact) mass is 281 g/mol. The maximum Gasteiger partial charge on any atom is 0.441 e. The van der Waals surface area contributed by atoms with E-state index in [1.165, 1.54) is 38.5 Å². The number of hydrogen-bond acceptors (Lipinski definition) is 2. The summed E-state index contributed by atoms with van der Waals surface area (Å²) in [4.78, 5) is 0. The number of hydrogen-bond donors (Lipinski definition) is 1. The number of nitrogens with one attached hydrogen (secondary N) is 1. The molecular formula is C13H22F3NS. The summed E-state index contributed by atoms with van der Waals surface area (Å²) < 4.78 is 36.5. The predicted octanol–water partition coefficient (Wildman–Crippen LogP) is 4.19. The van der Waals surface area contributed by atoms with Crippen LogP contribution in [-0.2, 0) is 0 Å². The van der Waals surface area contributed by atoms with Gasteiger partial charge in [0.2, 0.25) is 0 Å². The summed E-state index contributed by atoms with van der Waals surface area (Å²) in [5.41, 5.74) is -4.07. The van der Waals surface area contributed by atoms with E-state index in [1.807, 2.05) is 0 Å². The molecule has 2 aliphatic carbocycles. The van der Waals surface area contributed by atoms with Gasteiger partial charge in [-0.05, 0) is 37.6 Å². The molecule has 2 fully saturated rings. The van der Waals surface area contributed by atoms with Crippen LogP contribution in [0.4, 0.5) is 13.2 Å². The Balaban J connectivity index is 1.71. The smallest absolute Gasteiger partial charge is 0.314 e. The summed E-state index contributed by atoms with van der Waals surface area (Å²) in [5, 5.41) is 3.49. The first-order chi connectivity index (χ1) is 8.54. The summed E-state index contributed by atoms with van der Waals surface area (Å²) >= 11 is 0.143. The molecule has 0 bridgehead atoms. The van der Waals surface area contributed by atoms with E-state index in [4.69, 9.17) is 0 Å². The molecule has 2 rings (SSSR count). The van der Waals surface area contributed by atoms with E-state index < -0.39 is 5.51 Å². The van der Waals surface area contributed by atoms with E-state index in [-0.39, 0.29) is 17.5 Å². The van der Waals surface area contributed by atoms with Crippen LogP contribution in [0, 0.1) is 11.8 Å². The van der Waals surface area contributed by atoms with Crippen molar-refractivity contribution in [1.82, 2.24) is 5.32 Å². The molecule has 0 aromatic carbocycles. The van der Waals surface area contributed by atoms with Gasteiger partial charge in [-0.25, -0.2) is 0 Å². The van der Waals surface area contributed by atoms with E-state index in [2.05, 4.69) is 5.32 Å². The van der Waals surface area contributed by atoms with Crippen LogP contribution in [0.3, 0.4) is 0 Å². The van der Waals surface area contributed by atoms with E-state index >= 15 is 0 Å². The Morgan fingerprint density at radius 2 is 1.78 bits per heavy atom. The van der Waals surface area contributed by atoms with Crippen LogP contribution in [0.5, 0.6) is 0 Å². The number of alkyl halides is 3. The molecule has 2 saturated carbocycles. The van der Waals surface area contributed by atoms with Gasteiger partial charge in [-0.1, -0.05) is 37.4 Å². The third-order valence-electron chi connectivity index (χ3n) is 4.07. The van der Waals surface area contributed by atoms with Crippen molar-refractivity contribution in [2.45, 2.75) is 56.5 Å². The minimum absolute atomic E-state index is 0.143. The lowest BCUT2D eigenvalue weighted by Crippen LogP contribution is -2.29. The zero-order valence-electron chi connectivity index (χ0n) is 10.6. The minimum Gasteiger partial charge on any atom is -0.314 e. The third-order valence-corrected chi connectivity index (χ3v) is 4.83. The average molecular weight is 281 g/mol. The molecule has 1 unspecified atom stereocenters. The Morgan fingerprint density at radius 3 is 2.33 bits per heavy atom. The standard InChI is InChI=1S/C13H22F3NS/c14-13(15,16)18-8-7-11(9-17-12-5-6-12)10-3-1-2-4-10/h10-12,17H,1-9H2. The largest absolute Gasteiger partial charge is 0.441 e. The van der Waals surface area contributed by atoms with Crippen LogP contribution in [0.2, 0.25) is 0 Å². The van der Waals surface area contributed by atoms with Gasteiger partial charge in [-0.15, -0.1) is 0 Å². The molecule has 0 saturated heterocycles. The summed E-state index contributed by atoms with van der Waals surface area (Å²) in [6, 6.07) is 0.657. The van der Waals surface area contributed by atoms with Gasteiger partial charge in [-0.2, -0.15) is 13.2 Å². The average Bonchev–Trinajstić information content (AvgIpc) is 2.94. The molecule has 0 radical (unpaired) electrons. The van der Waals surface area contributed by atoms with Gasteiger partial charge >= 0.3 is 5.51 Å². The molecule has 0 spiro atoms. The normalized spacial score (nSPS) is 23.5. The van der Waals surface area contributed by atoms with Crippen LogP contribution in [0.25, 0.3) is 0 Å². The van der Waals surface area contributed by atoms with Crippen molar-refractivity contribution in [2.75, 3.05) is 12.3 Å². The Bertz CT molecular complexity index is 247. The Labute approximate surface area is 111 Å². The second-order valence-corrected chi connectivity index (χ2v) is 6.73. The Kier molecular flexibility index (Phi) is 5.24. The second kappa shape index (κ2) is 6.51. The molecule has 106 valence electrons. The summed E-state index contributed by atoms with van der Waals surface area (Å²) in [6.07, 6.45) is 8.15. The SMILES string of the molecule is FC(F)(F)SCCC(CNC1CC1)C1CCCC1. The van der Waals surface area contributed by atoms with Crippen molar-refractivity contribution in [3.8, 4) is 0 Å². The number of rotatable bonds is 7. The van der Waals surface area contributed by atoms with Gasteiger partial charge in [0.05, 0.1) is 0 Å². The first-order valence-corrected chi connectivity index (χ1v) is 7.97. The highest BCUT2D eigenvalue weighted by Crippen LogP contribution is 2.36. The number of thioether (sulfide) groups is 1. The van der Waals surface area contributed by atoms with Gasteiger partial charge in [0.25, 0.3) is 0 Å². The Morgan fingerprint density at radius 1 is 1.11 bits per heavy atom. The molecule has 5 heteroatoms. The highest BCUT2D eigenvalue weighted by Gasteiger charge is 2.31. The molecule has 0 amide bonds. The molecule has 0 aromatic heterocycles. The van der Waals surface area contributed by atoms with Gasteiger partial charge in [0.15, 0.2) is 0 Å². The topological polar surface area (TPSA) is 12.0 Å². The third kappa shape index (κ3) is 5.39. The first-order valence-electron chi connectivity index (χ1n) is 6.98. The molecule has 1 nitrogen and oxygen atoms in total. The highest BCUT2D eigenvalue weighted by atomic mass is 32.2. The molecule has 0 aliphatic heterocycles. The maximum absolute atomic E-state index is 12.2. The van der Waals surface area contributed by atoms with Gasteiger partial charge < -0.3 is 5.32 Å². The maximum atomic E-state index is 12.2. The lowest BCUT2D eigenvalue weighted by atomic mass is 9.88. The fourth-order valence-corrected chi connectivity index (χ4v) is 3.52. The summed E-state index contributed by atoms with van der Waals surface area (Å²) in [5.74, 6) is 1.32. The predicted molar refractivity (Wildman–Crippen MR) is 69.6 cm³/mol. The second-order valence-electron chi connectivity index (χ2n) is 5.57. The van der Waals surface area contributed by atoms with Crippen molar-refractivity contribution in [2.24, 2.45) is 11.8 Å². The molecule has 1 atom stereocenters. The van der Waals surface area contributed by atoms with Crippen LogP contribution < -0.4 is 5.32 Å². The number of halogens is 3. The highest BCUT2D eigenvalue weighted by molar-refractivity contribution is 8.00. The molecule has 18 heavy (non-hydrogen) atoms.